The maximum atomic E-state index is 10.7. The van der Waals surface area contributed by atoms with E-state index in [0.717, 1.165) is 0 Å². The summed E-state index contributed by atoms with van der Waals surface area (Å²) in [5.74, 6) is 0.325. The highest BCUT2D eigenvalue weighted by atomic mass is 79.9. The topological polar surface area (TPSA) is 89.4 Å². The molecule has 17 heavy (non-hydrogen) atoms. The third-order valence-electron chi connectivity index (χ3n) is 2.41. The van der Waals surface area contributed by atoms with Gasteiger partial charge in [0.1, 0.15) is 5.75 Å². The van der Waals surface area contributed by atoms with Gasteiger partial charge in [0.05, 0.1) is 9.40 Å². The van der Waals surface area contributed by atoms with Crippen LogP contribution in [0.2, 0.25) is 0 Å². The Bertz CT molecular complexity index is 435. The Hall–Kier alpha value is -1.14. The molecule has 0 bridgehead atoms. The highest BCUT2D eigenvalue weighted by Gasteiger charge is 2.19. The summed E-state index contributed by atoms with van der Waals surface area (Å²) in [7, 11) is 0. The van der Waals surface area contributed by atoms with Crippen molar-refractivity contribution in [3.63, 3.8) is 0 Å². The molecule has 3 N–H and O–H groups in total. The van der Waals surface area contributed by atoms with E-state index in [2.05, 4.69) is 15.9 Å². The second-order valence-electron chi connectivity index (χ2n) is 4.36. The summed E-state index contributed by atoms with van der Waals surface area (Å²) in [6.45, 7) is 4.01. The summed E-state index contributed by atoms with van der Waals surface area (Å²) >= 11 is 3.09. The van der Waals surface area contributed by atoms with Crippen LogP contribution in [0.15, 0.2) is 16.6 Å². The second-order valence-corrected chi connectivity index (χ2v) is 5.21. The fourth-order valence-corrected chi connectivity index (χ4v) is 2.09. The SMILES string of the molecule is CC(C)C[C@H](N)c1cc([N+](=O)[O-])cc(Br)c1O. The first-order valence-corrected chi connectivity index (χ1v) is 6.04. The summed E-state index contributed by atoms with van der Waals surface area (Å²) in [6, 6.07) is 2.18. The van der Waals surface area contributed by atoms with Gasteiger partial charge in [-0.3, -0.25) is 10.1 Å². The number of aromatic hydroxyl groups is 1. The Morgan fingerprint density at radius 1 is 1.53 bits per heavy atom. The number of nitrogens with two attached hydrogens (primary N) is 1. The number of nitro benzene ring substituents is 1. The summed E-state index contributed by atoms with van der Waals surface area (Å²) in [5, 5.41) is 20.6. The monoisotopic (exact) mass is 302 g/mol. The van der Waals surface area contributed by atoms with Crippen molar-refractivity contribution in [1.29, 1.82) is 0 Å². The standard InChI is InChI=1S/C11H15BrN2O3/c1-6(2)3-10(13)8-4-7(14(16)17)5-9(12)11(8)15/h4-6,10,15H,3,13H2,1-2H3/t10-/m0/s1. The van der Waals surface area contributed by atoms with E-state index in [-0.39, 0.29) is 11.4 Å². The van der Waals surface area contributed by atoms with Crippen LogP contribution in [0.3, 0.4) is 0 Å². The van der Waals surface area contributed by atoms with Crippen molar-refractivity contribution in [2.45, 2.75) is 26.3 Å². The molecule has 0 aliphatic carbocycles. The van der Waals surface area contributed by atoms with Gasteiger partial charge in [-0.25, -0.2) is 0 Å². The zero-order valence-electron chi connectivity index (χ0n) is 9.68. The van der Waals surface area contributed by atoms with Gasteiger partial charge in [0.15, 0.2) is 0 Å². The zero-order chi connectivity index (χ0) is 13.2. The Morgan fingerprint density at radius 3 is 2.59 bits per heavy atom. The van der Waals surface area contributed by atoms with E-state index in [1.165, 1.54) is 12.1 Å². The maximum absolute atomic E-state index is 10.7. The molecule has 1 aromatic carbocycles. The van der Waals surface area contributed by atoms with Gasteiger partial charge >= 0.3 is 0 Å². The molecule has 0 radical (unpaired) electrons. The lowest BCUT2D eigenvalue weighted by Gasteiger charge is -2.16. The molecule has 0 saturated carbocycles. The molecular weight excluding hydrogens is 288 g/mol. The van der Waals surface area contributed by atoms with E-state index in [4.69, 9.17) is 5.73 Å². The maximum Gasteiger partial charge on any atom is 0.271 e. The molecule has 94 valence electrons. The van der Waals surface area contributed by atoms with Gasteiger partial charge in [0.2, 0.25) is 0 Å². The first-order valence-electron chi connectivity index (χ1n) is 5.25. The average Bonchev–Trinajstić information content (AvgIpc) is 2.20. The van der Waals surface area contributed by atoms with Crippen molar-refractivity contribution in [1.82, 2.24) is 0 Å². The van der Waals surface area contributed by atoms with Crippen LogP contribution in [-0.4, -0.2) is 10.0 Å². The molecule has 1 aromatic rings. The number of hydrogen-bond acceptors (Lipinski definition) is 4. The van der Waals surface area contributed by atoms with Gasteiger partial charge in [-0.05, 0) is 28.3 Å². The van der Waals surface area contributed by atoms with Gasteiger partial charge in [-0.15, -0.1) is 0 Å². The van der Waals surface area contributed by atoms with E-state index in [1.54, 1.807) is 0 Å². The lowest BCUT2D eigenvalue weighted by atomic mass is 9.97. The Morgan fingerprint density at radius 2 is 2.12 bits per heavy atom. The minimum absolute atomic E-state index is 0.0243. The molecule has 5 nitrogen and oxygen atoms in total. The first kappa shape index (κ1) is 13.9. The molecule has 0 spiro atoms. The number of benzene rings is 1. The van der Waals surface area contributed by atoms with Crippen LogP contribution < -0.4 is 5.73 Å². The van der Waals surface area contributed by atoms with E-state index < -0.39 is 11.0 Å². The minimum atomic E-state index is -0.504. The Kier molecular flexibility index (Phi) is 4.47. The second kappa shape index (κ2) is 5.46. The van der Waals surface area contributed by atoms with Crippen LogP contribution >= 0.6 is 15.9 Å². The van der Waals surface area contributed by atoms with Crippen molar-refractivity contribution in [3.8, 4) is 5.75 Å². The molecule has 0 aliphatic rings. The molecule has 1 rings (SSSR count). The van der Waals surface area contributed by atoms with E-state index in [9.17, 15) is 15.2 Å². The molecule has 0 fully saturated rings. The number of phenolic OH excluding ortho intramolecular Hbond substituents is 1. The highest BCUT2D eigenvalue weighted by Crippen LogP contribution is 2.36. The molecular formula is C11H15BrN2O3. The quantitative estimate of drug-likeness (QED) is 0.660. The zero-order valence-corrected chi connectivity index (χ0v) is 11.3. The summed E-state index contributed by atoms with van der Waals surface area (Å²) < 4.78 is 0.293. The lowest BCUT2D eigenvalue weighted by Crippen LogP contribution is -2.13. The fourth-order valence-electron chi connectivity index (χ4n) is 1.63. The largest absolute Gasteiger partial charge is 0.506 e. The van der Waals surface area contributed by atoms with Crippen molar-refractivity contribution >= 4 is 21.6 Å². The predicted molar refractivity (Wildman–Crippen MR) is 68.8 cm³/mol. The third-order valence-corrected chi connectivity index (χ3v) is 3.02. The van der Waals surface area contributed by atoms with Crippen LogP contribution in [0, 0.1) is 16.0 Å². The molecule has 0 aliphatic heterocycles. The van der Waals surface area contributed by atoms with Crippen molar-refractivity contribution < 1.29 is 10.0 Å². The predicted octanol–water partition coefficient (Wildman–Crippen LogP) is 3.11. The molecule has 0 heterocycles. The molecule has 0 aromatic heterocycles. The summed E-state index contributed by atoms with van der Waals surface area (Å²) in [4.78, 5) is 10.2. The number of nitrogens with zero attached hydrogens (tertiary/aromatic N) is 1. The number of nitro groups is 1. The Balaban J connectivity index is 3.17. The number of phenols is 1. The van der Waals surface area contributed by atoms with Crippen molar-refractivity contribution in [2.75, 3.05) is 0 Å². The minimum Gasteiger partial charge on any atom is -0.506 e. The fraction of sp³-hybridized carbons (Fsp3) is 0.455. The van der Waals surface area contributed by atoms with Crippen LogP contribution in [0.5, 0.6) is 5.75 Å². The number of hydrogen-bond donors (Lipinski definition) is 2. The van der Waals surface area contributed by atoms with E-state index in [0.29, 0.717) is 22.4 Å². The van der Waals surface area contributed by atoms with Crippen molar-refractivity contribution in [3.05, 3.63) is 32.3 Å². The average molecular weight is 303 g/mol. The van der Waals surface area contributed by atoms with Crippen LogP contribution in [-0.2, 0) is 0 Å². The highest BCUT2D eigenvalue weighted by molar-refractivity contribution is 9.10. The summed E-state index contributed by atoms with van der Waals surface area (Å²) in [6.07, 6.45) is 0.654. The van der Waals surface area contributed by atoms with Crippen LogP contribution in [0.25, 0.3) is 0 Å². The van der Waals surface area contributed by atoms with Gasteiger partial charge in [-0.2, -0.15) is 0 Å². The number of rotatable bonds is 4. The van der Waals surface area contributed by atoms with Gasteiger partial charge in [0.25, 0.3) is 5.69 Å². The normalized spacial score (nSPS) is 12.8. The number of non-ortho nitro benzene ring substituents is 1. The van der Waals surface area contributed by atoms with Gasteiger partial charge in [0, 0.05) is 23.7 Å². The van der Waals surface area contributed by atoms with Gasteiger partial charge in [-0.1, -0.05) is 13.8 Å². The molecule has 0 unspecified atom stereocenters. The Labute approximate surface area is 108 Å². The van der Waals surface area contributed by atoms with Gasteiger partial charge < -0.3 is 10.8 Å². The lowest BCUT2D eigenvalue weighted by molar-refractivity contribution is -0.385. The van der Waals surface area contributed by atoms with E-state index >= 15 is 0 Å². The van der Waals surface area contributed by atoms with Crippen LogP contribution in [0.4, 0.5) is 5.69 Å². The van der Waals surface area contributed by atoms with Crippen molar-refractivity contribution in [2.24, 2.45) is 11.7 Å². The summed E-state index contributed by atoms with van der Waals surface area (Å²) in [5.41, 5.74) is 6.25. The number of halogens is 1. The molecule has 1 atom stereocenters. The smallest absolute Gasteiger partial charge is 0.271 e. The molecule has 0 amide bonds. The van der Waals surface area contributed by atoms with E-state index in [1.807, 2.05) is 13.8 Å². The molecule has 0 saturated heterocycles. The van der Waals surface area contributed by atoms with Crippen LogP contribution in [0.1, 0.15) is 31.9 Å². The first-order chi connectivity index (χ1) is 7.82. The molecule has 6 heteroatoms. The third kappa shape index (κ3) is 3.41.